The minimum Gasteiger partial charge on any atom is -0.550 e. The van der Waals surface area contributed by atoms with E-state index in [2.05, 4.69) is 33.8 Å². The van der Waals surface area contributed by atoms with E-state index in [0.717, 1.165) is 23.7 Å². The van der Waals surface area contributed by atoms with Gasteiger partial charge in [-0.1, -0.05) is 0 Å². The molecule has 0 fully saturated rings. The van der Waals surface area contributed by atoms with Crippen LogP contribution in [0.25, 0.3) is 0 Å². The van der Waals surface area contributed by atoms with Gasteiger partial charge in [0.25, 0.3) is 0 Å². The highest BCUT2D eigenvalue weighted by atomic mass is 79.9. The van der Waals surface area contributed by atoms with Crippen molar-refractivity contribution in [3.63, 3.8) is 0 Å². The molecular weight excluding hydrogens is 242 g/mol. The molecule has 76 valence electrons. The number of thiol groups is 1. The third kappa shape index (κ3) is 48.5. The number of halogens is 1. The summed E-state index contributed by atoms with van der Waals surface area (Å²) in [4.78, 5) is 8.89. The van der Waals surface area contributed by atoms with E-state index >= 15 is 0 Å². The number of carbonyl (C=O) groups is 1. The van der Waals surface area contributed by atoms with E-state index < -0.39 is 5.97 Å². The Hall–Kier alpha value is 0.260. The normalized spacial score (nSPS) is 9.08. The summed E-state index contributed by atoms with van der Waals surface area (Å²) in [6, 6.07) is 0. The monoisotopic (exact) mass is 259 g/mol. The van der Waals surface area contributed by atoms with Gasteiger partial charge in [-0.3, -0.25) is 0 Å². The van der Waals surface area contributed by atoms with Gasteiger partial charge in [0.15, 0.2) is 0 Å². The summed E-state index contributed by atoms with van der Waals surface area (Å²) < 4.78 is 1.02. The molecule has 0 aromatic heterocycles. The number of carbonyl (C=O) groups excluding carboxylic acids is 1. The summed E-state index contributed by atoms with van der Waals surface area (Å²) in [5.74, 6) is -0.108. The minimum absolute atomic E-state index is 0. The van der Waals surface area contributed by atoms with Crippen molar-refractivity contribution in [2.45, 2.75) is 6.92 Å². The summed E-state index contributed by atoms with van der Waals surface area (Å²) in [5.41, 5.74) is 0. The predicted octanol–water partition coefficient (Wildman–Crippen LogP) is -0.0435. The fraction of sp³-hybridized carbons (Fsp3) is 0.857. The molecule has 3 nitrogen and oxygen atoms in total. The van der Waals surface area contributed by atoms with E-state index in [1.165, 1.54) is 0 Å². The number of hydrogen-bond acceptors (Lipinski definition) is 3. The fourth-order valence-electron chi connectivity index (χ4n) is 0.300. The molecule has 0 amide bonds. The number of aliphatic carboxylic acids is 1. The molecule has 0 aliphatic carbocycles. The van der Waals surface area contributed by atoms with Crippen molar-refractivity contribution in [2.24, 2.45) is 0 Å². The number of nitrogens with zero attached hydrogens (tertiary/aromatic N) is 1. The molecule has 0 N–H and O–H groups in total. The zero-order valence-corrected chi connectivity index (χ0v) is 10.6. The summed E-state index contributed by atoms with van der Waals surface area (Å²) >= 11 is 4.10. The Balaban J connectivity index is -0.000000142. The van der Waals surface area contributed by atoms with E-state index in [-0.39, 0.29) is 17.0 Å². The van der Waals surface area contributed by atoms with E-state index in [1.54, 1.807) is 0 Å². The Bertz CT molecular complexity index is 110. The van der Waals surface area contributed by atoms with Crippen LogP contribution < -0.4 is 5.11 Å². The topological polar surface area (TPSA) is 40.1 Å². The lowest BCUT2D eigenvalue weighted by Crippen LogP contribution is -2.36. The Kier molecular flexibility index (Phi) is 14.1. The molecule has 0 saturated heterocycles. The molecule has 0 atom stereocenters. The molecule has 0 heterocycles. The number of quaternary nitrogens is 1. The Morgan fingerprint density at radius 3 is 1.67 bits per heavy atom. The van der Waals surface area contributed by atoms with Crippen LogP contribution in [-0.4, -0.2) is 43.9 Å². The second-order valence-electron chi connectivity index (χ2n) is 3.23. The quantitative estimate of drug-likeness (QED) is 0.559. The third-order valence-corrected chi connectivity index (χ3v) is 0.971. The molecule has 0 aromatic rings. The van der Waals surface area contributed by atoms with Crippen LogP contribution in [0.3, 0.4) is 0 Å². The van der Waals surface area contributed by atoms with Crippen LogP contribution in [0, 0.1) is 0 Å². The number of hydrogen-bond donors (Lipinski definition) is 1. The molecule has 0 radical (unpaired) electrons. The van der Waals surface area contributed by atoms with Gasteiger partial charge in [0, 0.05) is 11.7 Å². The van der Waals surface area contributed by atoms with Crippen molar-refractivity contribution < 1.29 is 14.4 Å². The summed E-state index contributed by atoms with van der Waals surface area (Å²) in [6.45, 7) is 2.11. The molecule has 0 spiro atoms. The van der Waals surface area contributed by atoms with Gasteiger partial charge in [0.2, 0.25) is 0 Å². The highest BCUT2D eigenvalue weighted by molar-refractivity contribution is 8.93. The van der Waals surface area contributed by atoms with E-state index in [0.29, 0.717) is 0 Å². The zero-order valence-electron chi connectivity index (χ0n) is 8.03. The molecule has 5 heteroatoms. The number of carboxylic acids is 1. The Morgan fingerprint density at radius 1 is 1.42 bits per heavy atom. The average Bonchev–Trinajstić information content (AvgIpc) is 1.58. The van der Waals surface area contributed by atoms with E-state index in [4.69, 9.17) is 9.90 Å². The summed E-state index contributed by atoms with van der Waals surface area (Å²) in [6.07, 6.45) is 0. The van der Waals surface area contributed by atoms with Gasteiger partial charge in [-0.2, -0.15) is 12.6 Å². The predicted molar refractivity (Wildman–Crippen MR) is 57.8 cm³/mol. The van der Waals surface area contributed by atoms with Crippen LogP contribution in [-0.2, 0) is 4.79 Å². The fourth-order valence-corrected chi connectivity index (χ4v) is 0.900. The first-order chi connectivity index (χ1) is 4.79. The first kappa shape index (κ1) is 18.1. The van der Waals surface area contributed by atoms with E-state index in [1.807, 2.05) is 0 Å². The lowest BCUT2D eigenvalue weighted by atomic mass is 10.6. The molecule has 0 aliphatic heterocycles. The lowest BCUT2D eigenvalue weighted by Gasteiger charge is -2.22. The van der Waals surface area contributed by atoms with Gasteiger partial charge >= 0.3 is 0 Å². The summed E-state index contributed by atoms with van der Waals surface area (Å²) in [5, 5.41) is 8.89. The van der Waals surface area contributed by atoms with Gasteiger partial charge < -0.3 is 14.4 Å². The molecule has 0 aromatic carbocycles. The van der Waals surface area contributed by atoms with Crippen LogP contribution in [0.4, 0.5) is 0 Å². The maximum absolute atomic E-state index is 8.89. The van der Waals surface area contributed by atoms with Crippen molar-refractivity contribution in [1.29, 1.82) is 0 Å². The van der Waals surface area contributed by atoms with Crippen molar-refractivity contribution in [1.82, 2.24) is 0 Å². The molecule has 0 rings (SSSR count). The third-order valence-electron chi connectivity index (χ3n) is 0.771. The Morgan fingerprint density at radius 2 is 1.67 bits per heavy atom. The molecular formula is C7H18BrNO2S. The van der Waals surface area contributed by atoms with Crippen LogP contribution in [0.2, 0.25) is 0 Å². The van der Waals surface area contributed by atoms with Gasteiger partial charge in [0.05, 0.1) is 27.7 Å². The summed E-state index contributed by atoms with van der Waals surface area (Å²) in [7, 11) is 6.49. The van der Waals surface area contributed by atoms with Gasteiger partial charge in [0.1, 0.15) is 0 Å². The molecule has 12 heavy (non-hydrogen) atoms. The van der Waals surface area contributed by atoms with Gasteiger partial charge in [-0.05, 0) is 6.92 Å². The van der Waals surface area contributed by atoms with Crippen molar-refractivity contribution >= 4 is 35.6 Å². The van der Waals surface area contributed by atoms with Gasteiger partial charge in [-0.15, -0.1) is 17.0 Å². The molecule has 0 aliphatic rings. The molecule has 0 bridgehead atoms. The zero-order chi connectivity index (χ0) is 9.49. The van der Waals surface area contributed by atoms with Crippen LogP contribution in [0.5, 0.6) is 0 Å². The molecule has 0 saturated carbocycles. The van der Waals surface area contributed by atoms with Crippen molar-refractivity contribution in [3.8, 4) is 0 Å². The molecule has 0 unspecified atom stereocenters. The SMILES string of the molecule is Br.CC(=O)[O-].C[N+](C)(C)CCS. The maximum Gasteiger partial charge on any atom is 0.0869 e. The Labute approximate surface area is 90.5 Å². The minimum atomic E-state index is -1.08. The van der Waals surface area contributed by atoms with Crippen LogP contribution in [0.1, 0.15) is 6.92 Å². The maximum atomic E-state index is 8.89. The number of rotatable bonds is 2. The second-order valence-corrected chi connectivity index (χ2v) is 3.68. The highest BCUT2D eigenvalue weighted by Gasteiger charge is 2.01. The second kappa shape index (κ2) is 9.35. The first-order valence-corrected chi connectivity index (χ1v) is 4.01. The highest BCUT2D eigenvalue weighted by Crippen LogP contribution is 1.88. The average molecular weight is 260 g/mol. The van der Waals surface area contributed by atoms with Gasteiger partial charge in [-0.25, -0.2) is 0 Å². The largest absolute Gasteiger partial charge is 0.550 e. The standard InChI is InChI=1S/C5H13NS.C2H4O2.BrH/c1-6(2,3)4-5-7;1-2(3)4;/h4-5H2,1-3H3;1H3,(H,3,4);1H. The number of carboxylic acid groups (broad SMARTS) is 1. The van der Waals surface area contributed by atoms with Crippen molar-refractivity contribution in [2.75, 3.05) is 33.4 Å². The lowest BCUT2D eigenvalue weighted by molar-refractivity contribution is -0.867. The van der Waals surface area contributed by atoms with Crippen LogP contribution in [0.15, 0.2) is 0 Å². The smallest absolute Gasteiger partial charge is 0.0869 e. The van der Waals surface area contributed by atoms with Crippen molar-refractivity contribution in [3.05, 3.63) is 0 Å². The van der Waals surface area contributed by atoms with E-state index in [9.17, 15) is 0 Å². The first-order valence-electron chi connectivity index (χ1n) is 3.38. The van der Waals surface area contributed by atoms with Crippen LogP contribution >= 0.6 is 29.6 Å².